The van der Waals surface area contributed by atoms with Crippen LogP contribution in [0.15, 0.2) is 5.16 Å². The monoisotopic (exact) mass is 285 g/mol. The highest BCUT2D eigenvalue weighted by molar-refractivity contribution is 7.99. The first-order valence-electron chi connectivity index (χ1n) is 6.43. The number of H-pyrrole nitrogens is 1. The first-order valence-corrected chi connectivity index (χ1v) is 7.41. The smallest absolute Gasteiger partial charge is 0.237 e. The van der Waals surface area contributed by atoms with Crippen LogP contribution in [-0.2, 0) is 4.79 Å². The summed E-state index contributed by atoms with van der Waals surface area (Å²) in [4.78, 5) is 15.8. The van der Waals surface area contributed by atoms with Gasteiger partial charge < -0.3 is 11.1 Å². The highest BCUT2D eigenvalue weighted by Crippen LogP contribution is 2.19. The molecule has 108 valence electrons. The van der Waals surface area contributed by atoms with Crippen molar-refractivity contribution in [1.82, 2.24) is 20.5 Å². The number of nitrogens with one attached hydrogen (secondary N) is 2. The first-order chi connectivity index (χ1) is 8.83. The maximum absolute atomic E-state index is 11.5. The van der Waals surface area contributed by atoms with Crippen molar-refractivity contribution < 1.29 is 4.79 Å². The number of aromatic amines is 1. The highest BCUT2D eigenvalue weighted by Gasteiger charge is 2.30. The van der Waals surface area contributed by atoms with E-state index in [1.165, 1.54) is 0 Å². The third-order valence-electron chi connectivity index (χ3n) is 2.78. The lowest BCUT2D eigenvalue weighted by molar-refractivity contribution is -0.124. The van der Waals surface area contributed by atoms with E-state index in [9.17, 15) is 4.79 Å². The van der Waals surface area contributed by atoms with Crippen LogP contribution in [0.4, 0.5) is 0 Å². The van der Waals surface area contributed by atoms with Gasteiger partial charge >= 0.3 is 0 Å². The molecule has 0 radical (unpaired) electrons. The van der Waals surface area contributed by atoms with Crippen molar-refractivity contribution in [2.24, 2.45) is 5.73 Å². The number of nitrogens with zero attached hydrogens (tertiary/aromatic N) is 2. The molecule has 1 aromatic heterocycles. The summed E-state index contributed by atoms with van der Waals surface area (Å²) in [6, 6.07) is 0.223. The molecule has 1 aromatic rings. The van der Waals surface area contributed by atoms with Crippen molar-refractivity contribution in [3.8, 4) is 0 Å². The van der Waals surface area contributed by atoms with Gasteiger partial charge in [0.05, 0.1) is 5.54 Å². The van der Waals surface area contributed by atoms with Gasteiger partial charge in [0.25, 0.3) is 0 Å². The molecule has 0 aliphatic rings. The minimum absolute atomic E-state index is 0.223. The second-order valence-electron chi connectivity index (χ2n) is 5.15. The second kappa shape index (κ2) is 6.91. The van der Waals surface area contributed by atoms with Crippen molar-refractivity contribution in [2.75, 3.05) is 5.75 Å². The summed E-state index contributed by atoms with van der Waals surface area (Å²) in [7, 11) is 0. The number of aryl methyl sites for hydroxylation is 1. The molecule has 1 amide bonds. The molecule has 1 unspecified atom stereocenters. The highest BCUT2D eigenvalue weighted by atomic mass is 32.2. The maximum atomic E-state index is 11.5. The summed E-state index contributed by atoms with van der Waals surface area (Å²) in [5.74, 6) is 1.37. The second-order valence-corrected chi connectivity index (χ2v) is 6.21. The van der Waals surface area contributed by atoms with Gasteiger partial charge in [0.15, 0.2) is 0 Å². The Morgan fingerprint density at radius 3 is 2.74 bits per heavy atom. The molecule has 1 rings (SSSR count). The molecule has 0 saturated carbocycles. The van der Waals surface area contributed by atoms with Gasteiger partial charge in [0.1, 0.15) is 5.82 Å². The number of hydrogen-bond donors (Lipinski definition) is 3. The fourth-order valence-corrected chi connectivity index (χ4v) is 2.66. The Labute approximate surface area is 118 Å². The van der Waals surface area contributed by atoms with Gasteiger partial charge in [-0.15, -0.1) is 5.10 Å². The first kappa shape index (κ1) is 16.0. The number of amides is 1. The zero-order chi connectivity index (χ0) is 14.5. The van der Waals surface area contributed by atoms with E-state index < -0.39 is 5.54 Å². The van der Waals surface area contributed by atoms with Crippen molar-refractivity contribution in [2.45, 2.75) is 57.3 Å². The summed E-state index contributed by atoms with van der Waals surface area (Å²) < 4.78 is 0. The largest absolute Gasteiger partial charge is 0.368 e. The molecule has 4 N–H and O–H groups in total. The van der Waals surface area contributed by atoms with E-state index in [2.05, 4.69) is 20.5 Å². The molecule has 19 heavy (non-hydrogen) atoms. The maximum Gasteiger partial charge on any atom is 0.237 e. The number of carbonyl (C=O) groups is 1. The number of thioether (sulfide) groups is 1. The fourth-order valence-electron chi connectivity index (χ4n) is 1.88. The van der Waals surface area contributed by atoms with E-state index in [0.29, 0.717) is 6.42 Å². The zero-order valence-corrected chi connectivity index (χ0v) is 12.8. The van der Waals surface area contributed by atoms with Crippen LogP contribution in [0.5, 0.6) is 0 Å². The van der Waals surface area contributed by atoms with Crippen LogP contribution >= 0.6 is 11.8 Å². The molecule has 7 heteroatoms. The topological polar surface area (TPSA) is 96.7 Å². The predicted molar refractivity (Wildman–Crippen MR) is 76.9 cm³/mol. The number of rotatable bonds is 8. The Balaban J connectivity index is 2.38. The third kappa shape index (κ3) is 5.20. The summed E-state index contributed by atoms with van der Waals surface area (Å²) in [6.07, 6.45) is 1.58. The van der Waals surface area contributed by atoms with Gasteiger partial charge in [-0.3, -0.25) is 9.89 Å². The lowest BCUT2D eigenvalue weighted by atomic mass is 9.94. The molecule has 0 bridgehead atoms. The van der Waals surface area contributed by atoms with Crippen molar-refractivity contribution in [3.63, 3.8) is 0 Å². The Morgan fingerprint density at radius 2 is 2.26 bits per heavy atom. The Bertz CT molecular complexity index is 420. The molecule has 0 aromatic carbocycles. The van der Waals surface area contributed by atoms with E-state index >= 15 is 0 Å². The van der Waals surface area contributed by atoms with E-state index in [4.69, 9.17) is 5.73 Å². The number of hydrogen-bond acceptors (Lipinski definition) is 5. The van der Waals surface area contributed by atoms with E-state index in [1.54, 1.807) is 11.8 Å². The SMILES string of the molecule is Cc1nc(SCCCC(C)(NC(C)C)C(N)=O)n[nH]1. The average molecular weight is 285 g/mol. The van der Waals surface area contributed by atoms with Gasteiger partial charge in [-0.1, -0.05) is 11.8 Å². The number of carbonyl (C=O) groups excluding carboxylic acids is 1. The van der Waals surface area contributed by atoms with Gasteiger partial charge in [-0.2, -0.15) is 0 Å². The third-order valence-corrected chi connectivity index (χ3v) is 3.71. The average Bonchev–Trinajstić information content (AvgIpc) is 2.69. The van der Waals surface area contributed by atoms with Gasteiger partial charge in [0.2, 0.25) is 11.1 Å². The zero-order valence-electron chi connectivity index (χ0n) is 12.0. The van der Waals surface area contributed by atoms with Crippen LogP contribution in [0.25, 0.3) is 0 Å². The van der Waals surface area contributed by atoms with Crippen molar-refractivity contribution in [1.29, 1.82) is 0 Å². The molecule has 1 heterocycles. The van der Waals surface area contributed by atoms with Crippen LogP contribution in [-0.4, -0.2) is 38.4 Å². The molecular formula is C12H23N5OS. The molecular weight excluding hydrogens is 262 g/mol. The fraction of sp³-hybridized carbons (Fsp3) is 0.750. The molecule has 0 aliphatic heterocycles. The summed E-state index contributed by atoms with van der Waals surface area (Å²) >= 11 is 1.58. The quantitative estimate of drug-likeness (QED) is 0.493. The van der Waals surface area contributed by atoms with Crippen LogP contribution in [0, 0.1) is 6.92 Å². The normalized spacial score (nSPS) is 14.6. The van der Waals surface area contributed by atoms with Gasteiger partial charge in [0, 0.05) is 11.8 Å². The Hall–Kier alpha value is -1.08. The molecule has 1 atom stereocenters. The van der Waals surface area contributed by atoms with Crippen LogP contribution in [0.3, 0.4) is 0 Å². The Kier molecular flexibility index (Phi) is 5.81. The van der Waals surface area contributed by atoms with E-state index in [1.807, 2.05) is 27.7 Å². The van der Waals surface area contributed by atoms with Crippen LogP contribution in [0.1, 0.15) is 39.4 Å². The number of primary amides is 1. The van der Waals surface area contributed by atoms with E-state index in [0.717, 1.165) is 23.2 Å². The molecule has 0 saturated heterocycles. The minimum Gasteiger partial charge on any atom is -0.368 e. The minimum atomic E-state index is -0.649. The summed E-state index contributed by atoms with van der Waals surface area (Å²) in [5, 5.41) is 10.8. The standard InChI is InChI=1S/C12H23N5OS/c1-8(2)15-12(4,10(13)18)6-5-7-19-11-14-9(3)16-17-11/h8,15H,5-7H2,1-4H3,(H2,13,18)(H,14,16,17). The molecule has 0 spiro atoms. The predicted octanol–water partition coefficient (Wildman–Crippen LogP) is 1.23. The lowest BCUT2D eigenvalue weighted by Gasteiger charge is -2.29. The number of aromatic nitrogens is 3. The summed E-state index contributed by atoms with van der Waals surface area (Å²) in [5.41, 5.74) is 4.83. The van der Waals surface area contributed by atoms with E-state index in [-0.39, 0.29) is 11.9 Å². The van der Waals surface area contributed by atoms with Crippen molar-refractivity contribution >= 4 is 17.7 Å². The van der Waals surface area contributed by atoms with Crippen LogP contribution in [0.2, 0.25) is 0 Å². The van der Waals surface area contributed by atoms with Crippen LogP contribution < -0.4 is 11.1 Å². The summed E-state index contributed by atoms with van der Waals surface area (Å²) in [6.45, 7) is 7.74. The van der Waals surface area contributed by atoms with Crippen molar-refractivity contribution in [3.05, 3.63) is 5.82 Å². The molecule has 0 aliphatic carbocycles. The number of nitrogens with two attached hydrogens (primary N) is 1. The lowest BCUT2D eigenvalue weighted by Crippen LogP contribution is -2.55. The van der Waals surface area contributed by atoms with Gasteiger partial charge in [-0.25, -0.2) is 4.98 Å². The molecule has 6 nitrogen and oxygen atoms in total. The Morgan fingerprint density at radius 1 is 1.58 bits per heavy atom. The van der Waals surface area contributed by atoms with Gasteiger partial charge in [-0.05, 0) is 40.5 Å². The molecule has 0 fully saturated rings.